The van der Waals surface area contributed by atoms with Gasteiger partial charge >= 0.3 is 0 Å². The van der Waals surface area contributed by atoms with Gasteiger partial charge < -0.3 is 9.85 Å². The van der Waals surface area contributed by atoms with E-state index in [0.717, 1.165) is 38.2 Å². The molecule has 2 aromatic rings. The maximum atomic E-state index is 14.4. The van der Waals surface area contributed by atoms with Crippen molar-refractivity contribution in [2.75, 3.05) is 0 Å². The second kappa shape index (κ2) is 5.73. The highest BCUT2D eigenvalue weighted by Gasteiger charge is 2.49. The third-order valence-corrected chi connectivity index (χ3v) is 13.4. The Morgan fingerprint density at radius 1 is 1.04 bits per heavy atom. The molecule has 0 radical (unpaired) electrons. The van der Waals surface area contributed by atoms with E-state index in [4.69, 9.17) is 9.85 Å². The van der Waals surface area contributed by atoms with Gasteiger partial charge in [0.05, 0.1) is 0 Å². The average Bonchev–Trinajstić information content (AvgIpc) is 3.03. The minimum atomic E-state index is -2.25. The summed E-state index contributed by atoms with van der Waals surface area (Å²) >= 11 is 0. The molecule has 2 aromatic carbocycles. The summed E-state index contributed by atoms with van der Waals surface area (Å²) in [4.78, 5) is 12.1. The number of hydrogen-bond donors (Lipinski definition) is 1. The van der Waals surface area contributed by atoms with Crippen LogP contribution in [0.2, 0.25) is 26.2 Å². The van der Waals surface area contributed by atoms with E-state index in [1.165, 1.54) is 0 Å². The third kappa shape index (κ3) is 2.66. The number of fused-ring (bicyclic) bond motifs is 2. The van der Waals surface area contributed by atoms with Crippen LogP contribution >= 0.6 is 0 Å². The zero-order chi connectivity index (χ0) is 19.7. The number of amides is 1. The molecule has 2 N–H and O–H groups in total. The van der Waals surface area contributed by atoms with E-state index in [0.29, 0.717) is 12.0 Å². The van der Waals surface area contributed by atoms with Crippen molar-refractivity contribution >= 4 is 39.0 Å². The fourth-order valence-electron chi connectivity index (χ4n) is 4.82. The lowest BCUT2D eigenvalue weighted by Gasteiger charge is -2.23. The average molecular weight is 398 g/mol. The van der Waals surface area contributed by atoms with Crippen molar-refractivity contribution in [3.05, 3.63) is 52.3 Å². The van der Waals surface area contributed by atoms with Crippen LogP contribution in [0.5, 0.6) is 0 Å². The van der Waals surface area contributed by atoms with Gasteiger partial charge in [0.2, 0.25) is 22.5 Å². The molecule has 0 saturated heterocycles. The predicted octanol–water partition coefficient (Wildman–Crippen LogP) is 3.41. The lowest BCUT2D eigenvalue weighted by Crippen LogP contribution is -2.49. The first-order valence-corrected chi connectivity index (χ1v) is 15.0. The Morgan fingerprint density at radius 2 is 1.67 bits per heavy atom. The molecule has 27 heavy (non-hydrogen) atoms. The SMILES string of the molecule is CC1=Cc2c(-c3ccc(C(N)=O)c4c3[Si](C)(C)O[Si]4(C)C)ccc(F)c2C1. The summed E-state index contributed by atoms with van der Waals surface area (Å²) in [6.45, 7) is 10.6. The van der Waals surface area contributed by atoms with Crippen LogP contribution in [0.1, 0.15) is 28.4 Å². The molecular weight excluding hydrogens is 373 g/mol. The molecule has 1 amide bonds. The minimum absolute atomic E-state index is 0.158. The van der Waals surface area contributed by atoms with Crippen molar-refractivity contribution in [1.82, 2.24) is 0 Å². The summed E-state index contributed by atoms with van der Waals surface area (Å²) < 4.78 is 21.0. The Balaban J connectivity index is 2.08. The highest BCUT2D eigenvalue weighted by molar-refractivity contribution is 7.06. The van der Waals surface area contributed by atoms with Gasteiger partial charge in [-0.1, -0.05) is 23.8 Å². The molecule has 3 nitrogen and oxygen atoms in total. The van der Waals surface area contributed by atoms with Gasteiger partial charge in [0, 0.05) is 5.56 Å². The number of carbonyl (C=O) groups is 1. The number of allylic oxidation sites excluding steroid dienone is 1. The Bertz CT molecular complexity index is 1040. The van der Waals surface area contributed by atoms with Gasteiger partial charge in [0.1, 0.15) is 5.82 Å². The van der Waals surface area contributed by atoms with Crippen LogP contribution in [-0.4, -0.2) is 22.5 Å². The monoisotopic (exact) mass is 397 g/mol. The van der Waals surface area contributed by atoms with Crippen LogP contribution in [-0.2, 0) is 10.5 Å². The van der Waals surface area contributed by atoms with Crippen LogP contribution in [0.25, 0.3) is 17.2 Å². The van der Waals surface area contributed by atoms with E-state index in [9.17, 15) is 9.18 Å². The quantitative estimate of drug-likeness (QED) is 0.790. The topological polar surface area (TPSA) is 52.3 Å². The molecule has 140 valence electrons. The van der Waals surface area contributed by atoms with Crippen molar-refractivity contribution in [3.63, 3.8) is 0 Å². The highest BCUT2D eigenvalue weighted by Crippen LogP contribution is 2.37. The molecule has 2 aliphatic rings. The summed E-state index contributed by atoms with van der Waals surface area (Å²) in [5.74, 6) is -0.566. The number of benzene rings is 2. The van der Waals surface area contributed by atoms with E-state index in [-0.39, 0.29) is 5.82 Å². The zero-order valence-corrected chi connectivity index (χ0v) is 18.4. The largest absolute Gasteiger partial charge is 0.449 e. The first-order valence-electron chi connectivity index (χ1n) is 9.20. The number of halogens is 1. The number of nitrogens with two attached hydrogens (primary N) is 1. The third-order valence-electron chi connectivity index (χ3n) is 5.62. The van der Waals surface area contributed by atoms with E-state index >= 15 is 0 Å². The molecule has 1 aliphatic heterocycles. The van der Waals surface area contributed by atoms with Crippen molar-refractivity contribution in [2.24, 2.45) is 5.73 Å². The van der Waals surface area contributed by atoms with Gasteiger partial charge in [0.25, 0.3) is 0 Å². The minimum Gasteiger partial charge on any atom is -0.449 e. The van der Waals surface area contributed by atoms with Gasteiger partial charge in [-0.2, -0.15) is 0 Å². The molecule has 4 rings (SSSR count). The number of rotatable bonds is 2. The van der Waals surface area contributed by atoms with Gasteiger partial charge in [-0.05, 0) is 84.3 Å². The van der Waals surface area contributed by atoms with Gasteiger partial charge in [-0.15, -0.1) is 0 Å². The van der Waals surface area contributed by atoms with Gasteiger partial charge in [-0.25, -0.2) is 4.39 Å². The Labute approximate surface area is 161 Å². The van der Waals surface area contributed by atoms with Gasteiger partial charge in [0.15, 0.2) is 0 Å². The molecule has 1 heterocycles. The standard InChI is InChI=1S/C21H24FNO2Si2/c1-12-10-16-13(8-9-18(22)17(16)11-12)14-6-7-15(21(23)24)20-19(14)26(2,3)25-27(20,4)5/h6-10H,11H2,1-5H3,(H2,23,24). The lowest BCUT2D eigenvalue weighted by atomic mass is 9.95. The van der Waals surface area contributed by atoms with E-state index in [2.05, 4.69) is 32.3 Å². The van der Waals surface area contributed by atoms with Crippen molar-refractivity contribution < 1.29 is 13.3 Å². The molecule has 1 aliphatic carbocycles. The second-order valence-electron chi connectivity index (χ2n) is 8.55. The fraction of sp³-hybridized carbons (Fsp3) is 0.286. The normalized spacial score (nSPS) is 18.8. The number of hydrogen-bond acceptors (Lipinski definition) is 2. The molecular formula is C21H24FNO2Si2. The first kappa shape index (κ1) is 18.3. The predicted molar refractivity (Wildman–Crippen MR) is 113 cm³/mol. The first-order chi connectivity index (χ1) is 12.5. The Hall–Kier alpha value is -2.03. The summed E-state index contributed by atoms with van der Waals surface area (Å²) in [5.41, 5.74) is 11.2. The molecule has 6 heteroatoms. The van der Waals surface area contributed by atoms with Crippen molar-refractivity contribution in [1.29, 1.82) is 0 Å². The zero-order valence-electron chi connectivity index (χ0n) is 16.4. The highest BCUT2D eigenvalue weighted by atomic mass is 28.4. The smallest absolute Gasteiger partial charge is 0.248 e. The van der Waals surface area contributed by atoms with Gasteiger partial charge in [-0.3, -0.25) is 4.79 Å². The lowest BCUT2D eigenvalue weighted by molar-refractivity contribution is 0.100. The van der Waals surface area contributed by atoms with Crippen LogP contribution < -0.4 is 16.1 Å². The molecule has 0 unspecified atom stereocenters. The van der Waals surface area contributed by atoms with Crippen LogP contribution in [0.3, 0.4) is 0 Å². The van der Waals surface area contributed by atoms with Crippen molar-refractivity contribution in [3.8, 4) is 11.1 Å². The summed E-state index contributed by atoms with van der Waals surface area (Å²) in [6, 6.07) is 7.22. The van der Waals surface area contributed by atoms with E-state index < -0.39 is 22.5 Å². The molecule has 0 bridgehead atoms. The molecule has 0 aromatic heterocycles. The maximum absolute atomic E-state index is 14.4. The molecule has 0 saturated carbocycles. The van der Waals surface area contributed by atoms with E-state index in [1.54, 1.807) is 6.07 Å². The summed E-state index contributed by atoms with van der Waals surface area (Å²) in [5, 5.41) is 2.18. The Morgan fingerprint density at radius 3 is 2.33 bits per heavy atom. The molecule has 0 atom stereocenters. The number of primary amides is 1. The molecule has 0 fully saturated rings. The fourth-order valence-corrected chi connectivity index (χ4v) is 15.7. The van der Waals surface area contributed by atoms with Crippen LogP contribution in [0.15, 0.2) is 29.8 Å². The molecule has 0 spiro atoms. The summed E-state index contributed by atoms with van der Waals surface area (Å²) in [7, 11) is -4.47. The maximum Gasteiger partial charge on any atom is 0.248 e. The van der Waals surface area contributed by atoms with Crippen molar-refractivity contribution in [2.45, 2.75) is 39.5 Å². The van der Waals surface area contributed by atoms with Crippen LogP contribution in [0.4, 0.5) is 4.39 Å². The van der Waals surface area contributed by atoms with Crippen LogP contribution in [0, 0.1) is 5.82 Å². The summed E-state index contributed by atoms with van der Waals surface area (Å²) in [6.07, 6.45) is 2.73. The Kier molecular flexibility index (Phi) is 3.90. The number of carbonyl (C=O) groups excluding carboxylic acids is 1. The second-order valence-corrected chi connectivity index (χ2v) is 16.4. The van der Waals surface area contributed by atoms with E-state index in [1.807, 2.05) is 25.1 Å².